The maximum absolute atomic E-state index is 12.7. The number of ether oxygens (including phenoxy) is 2. The molecule has 0 aromatic heterocycles. The van der Waals surface area contributed by atoms with Crippen LogP contribution in [0.4, 0.5) is 0 Å². The number of hydrogen-bond acceptors (Lipinski definition) is 10. The number of phosphoric ester groups is 1. The predicted octanol–water partition coefficient (Wildman–Crippen LogP) is 10.8. The smallest absolute Gasteiger partial charge is 0.306 e. The molecule has 0 amide bonds. The van der Waals surface area contributed by atoms with Crippen molar-refractivity contribution in [2.24, 2.45) is 0 Å². The Morgan fingerprint density at radius 2 is 1.19 bits per heavy atom. The summed E-state index contributed by atoms with van der Waals surface area (Å²) in [5.41, 5.74) is 0. The number of likely N-dealkylation sites (N-methyl/N-ethyl adjacent to an activating group) is 1. The summed E-state index contributed by atoms with van der Waals surface area (Å²) < 4.78 is 33.6. The van der Waals surface area contributed by atoms with Gasteiger partial charge in [-0.1, -0.05) is 160 Å². The molecule has 0 saturated carbocycles. The Morgan fingerprint density at radius 1 is 0.609 bits per heavy atom. The van der Waals surface area contributed by atoms with Crippen molar-refractivity contribution in [2.45, 2.75) is 135 Å². The maximum atomic E-state index is 12.7. The van der Waals surface area contributed by atoms with Crippen LogP contribution in [-0.2, 0) is 32.7 Å². The van der Waals surface area contributed by atoms with Crippen molar-refractivity contribution in [2.75, 3.05) is 47.5 Å². The topological polar surface area (TPSA) is 152 Å². The van der Waals surface area contributed by atoms with Gasteiger partial charge in [-0.2, -0.15) is 0 Å². The Bertz CT molecular complexity index is 1580. The minimum absolute atomic E-state index is 0.0142. The van der Waals surface area contributed by atoms with Gasteiger partial charge in [0.1, 0.15) is 19.8 Å². The standard InChI is InChI=1S/C52H82NO10P/c1-6-8-10-11-12-13-14-15-16-17-18-19-20-21-22-23-27-30-36-42-51(56)60-46-50(47-62-64(58,59)61-45-44-53(3,4)5)63-52(57)43-37-31-35-41-49(55)40-34-29-26-24-25-28-33-39-48(54)38-32-9-7-2/h9,12-13,15-16,18-19,21-22,25-30,32-35,39-41,48-50,54-55H,6-8,10-11,14,17,20,23-24,31,36-38,42-47H2,1-5H3/b13-12-,16-15-,19-18-,22-21-,28-25-,29-26-,30-27-,32-9-,39-33+,40-34+,41-35-/t48-,49-,50+/m0/s1. The molecule has 12 heteroatoms. The molecule has 0 aromatic carbocycles. The summed E-state index contributed by atoms with van der Waals surface area (Å²) in [4.78, 5) is 37.6. The van der Waals surface area contributed by atoms with Crippen LogP contribution in [0, 0.1) is 0 Å². The van der Waals surface area contributed by atoms with Gasteiger partial charge in [-0.3, -0.25) is 14.2 Å². The van der Waals surface area contributed by atoms with Crippen LogP contribution in [0.25, 0.3) is 0 Å². The van der Waals surface area contributed by atoms with E-state index in [-0.39, 0.29) is 26.1 Å². The number of unbranched alkanes of at least 4 members (excludes halogenated alkanes) is 4. The van der Waals surface area contributed by atoms with Gasteiger partial charge in [-0.15, -0.1) is 0 Å². The molecule has 64 heavy (non-hydrogen) atoms. The Labute approximate surface area is 386 Å². The average Bonchev–Trinajstić information content (AvgIpc) is 3.24. The number of phosphoric acid groups is 1. The zero-order valence-electron chi connectivity index (χ0n) is 39.6. The first kappa shape index (κ1) is 60.1. The molecular formula is C52H82NO10P. The number of allylic oxidation sites excluding steroid dienone is 18. The van der Waals surface area contributed by atoms with Crippen LogP contribution in [0.15, 0.2) is 134 Å². The van der Waals surface area contributed by atoms with E-state index in [9.17, 15) is 29.3 Å². The summed E-state index contributed by atoms with van der Waals surface area (Å²) in [5, 5.41) is 20.1. The lowest BCUT2D eigenvalue weighted by Crippen LogP contribution is -2.37. The molecule has 0 aliphatic carbocycles. The first-order valence-electron chi connectivity index (χ1n) is 23.1. The second kappa shape index (κ2) is 41.8. The molecule has 2 N–H and O–H groups in total. The van der Waals surface area contributed by atoms with Gasteiger partial charge < -0.3 is 38.1 Å². The average molecular weight is 912 g/mol. The molecule has 0 rings (SSSR count). The predicted molar refractivity (Wildman–Crippen MR) is 261 cm³/mol. The van der Waals surface area contributed by atoms with Gasteiger partial charge in [0.15, 0.2) is 6.10 Å². The summed E-state index contributed by atoms with van der Waals surface area (Å²) in [6.07, 6.45) is 52.9. The van der Waals surface area contributed by atoms with Crippen molar-refractivity contribution >= 4 is 19.8 Å². The van der Waals surface area contributed by atoms with Crippen LogP contribution in [0.5, 0.6) is 0 Å². The van der Waals surface area contributed by atoms with Gasteiger partial charge in [-0.05, 0) is 77.0 Å². The minimum atomic E-state index is -4.71. The Hall–Kier alpha value is -3.93. The van der Waals surface area contributed by atoms with E-state index >= 15 is 0 Å². The molecule has 0 fully saturated rings. The number of carbonyl (C=O) groups excluding carboxylic acids is 2. The van der Waals surface area contributed by atoms with E-state index in [1.54, 1.807) is 30.4 Å². The van der Waals surface area contributed by atoms with Crippen LogP contribution >= 0.6 is 7.82 Å². The molecule has 0 bridgehead atoms. The summed E-state index contributed by atoms with van der Waals surface area (Å²) in [6.45, 7) is 3.66. The third kappa shape index (κ3) is 44.7. The number of hydrogen-bond donors (Lipinski definition) is 2. The molecular weight excluding hydrogens is 830 g/mol. The molecule has 0 aromatic rings. The lowest BCUT2D eigenvalue weighted by molar-refractivity contribution is -0.870. The Balaban J connectivity index is 4.73. The van der Waals surface area contributed by atoms with E-state index in [1.165, 1.54) is 25.7 Å². The van der Waals surface area contributed by atoms with Gasteiger partial charge in [0, 0.05) is 12.8 Å². The molecule has 360 valence electrons. The number of nitrogens with zero attached hydrogens (tertiary/aromatic N) is 1. The van der Waals surface area contributed by atoms with Crippen molar-refractivity contribution in [1.29, 1.82) is 0 Å². The van der Waals surface area contributed by atoms with Gasteiger partial charge in [-0.25, -0.2) is 0 Å². The molecule has 0 heterocycles. The molecule has 0 aliphatic heterocycles. The number of quaternary nitrogens is 1. The van der Waals surface area contributed by atoms with Crippen LogP contribution < -0.4 is 4.89 Å². The van der Waals surface area contributed by atoms with E-state index in [1.807, 2.05) is 75.8 Å². The van der Waals surface area contributed by atoms with E-state index in [0.717, 1.165) is 32.1 Å². The third-order valence-corrected chi connectivity index (χ3v) is 9.81. The van der Waals surface area contributed by atoms with Crippen molar-refractivity contribution < 1.29 is 52.3 Å². The van der Waals surface area contributed by atoms with Crippen molar-refractivity contribution in [3.8, 4) is 0 Å². The fraction of sp³-hybridized carbons (Fsp3) is 0.538. The highest BCUT2D eigenvalue weighted by molar-refractivity contribution is 7.45. The van der Waals surface area contributed by atoms with Gasteiger partial charge >= 0.3 is 11.9 Å². The monoisotopic (exact) mass is 912 g/mol. The van der Waals surface area contributed by atoms with Crippen molar-refractivity contribution in [3.63, 3.8) is 0 Å². The molecule has 1 unspecified atom stereocenters. The number of carbonyl (C=O) groups is 2. The number of esters is 2. The molecule has 0 saturated heterocycles. The highest BCUT2D eigenvalue weighted by atomic mass is 31.2. The molecule has 0 radical (unpaired) electrons. The Morgan fingerprint density at radius 3 is 1.80 bits per heavy atom. The third-order valence-electron chi connectivity index (χ3n) is 8.84. The van der Waals surface area contributed by atoms with Crippen LogP contribution in [0.3, 0.4) is 0 Å². The lowest BCUT2D eigenvalue weighted by atomic mass is 10.2. The maximum Gasteiger partial charge on any atom is 0.306 e. The quantitative estimate of drug-likeness (QED) is 0.0152. The summed E-state index contributed by atoms with van der Waals surface area (Å²) >= 11 is 0. The number of rotatable bonds is 39. The lowest BCUT2D eigenvalue weighted by Gasteiger charge is -2.28. The van der Waals surface area contributed by atoms with Gasteiger partial charge in [0.2, 0.25) is 0 Å². The zero-order valence-corrected chi connectivity index (χ0v) is 40.5. The van der Waals surface area contributed by atoms with Gasteiger partial charge in [0.25, 0.3) is 7.82 Å². The van der Waals surface area contributed by atoms with E-state index < -0.39 is 44.7 Å². The molecule has 4 atom stereocenters. The zero-order chi connectivity index (χ0) is 47.4. The second-order valence-corrected chi connectivity index (χ2v) is 17.5. The van der Waals surface area contributed by atoms with E-state index in [4.69, 9.17) is 18.5 Å². The first-order chi connectivity index (χ1) is 30.8. The number of aliphatic hydroxyl groups excluding tert-OH is 2. The van der Waals surface area contributed by atoms with Crippen LogP contribution in [-0.4, -0.2) is 92.5 Å². The van der Waals surface area contributed by atoms with E-state index in [2.05, 4.69) is 62.5 Å². The van der Waals surface area contributed by atoms with Crippen molar-refractivity contribution in [3.05, 3.63) is 134 Å². The summed E-state index contributed by atoms with van der Waals surface area (Å²) in [5.74, 6) is -1.13. The highest BCUT2D eigenvalue weighted by Gasteiger charge is 2.21. The Kier molecular flexibility index (Phi) is 39.2. The normalized spacial score (nSPS) is 15.7. The highest BCUT2D eigenvalue weighted by Crippen LogP contribution is 2.38. The largest absolute Gasteiger partial charge is 0.756 e. The molecule has 0 spiro atoms. The second-order valence-electron chi connectivity index (χ2n) is 16.1. The fourth-order valence-corrected chi connectivity index (χ4v) is 5.93. The van der Waals surface area contributed by atoms with Gasteiger partial charge in [0.05, 0.1) is 40.0 Å². The summed E-state index contributed by atoms with van der Waals surface area (Å²) in [7, 11) is 0.971. The van der Waals surface area contributed by atoms with Crippen molar-refractivity contribution in [1.82, 2.24) is 0 Å². The SMILES string of the molecule is CC/C=C\C[C@H](O)/C=C/C=C\C/C=C\C=C\[C@H](O)/C=C\CCCC(=O)O[C@H](COC(=O)CC/C=C\C/C=C\C/C=C\C/C=C\C/C=C\CCCCC)COP(=O)([O-])OCC[N+](C)(C)C. The van der Waals surface area contributed by atoms with Crippen LogP contribution in [0.1, 0.15) is 117 Å². The molecule has 0 aliphatic rings. The fourth-order valence-electron chi connectivity index (χ4n) is 5.20. The summed E-state index contributed by atoms with van der Waals surface area (Å²) in [6, 6.07) is 0. The van der Waals surface area contributed by atoms with Crippen LogP contribution in [0.2, 0.25) is 0 Å². The van der Waals surface area contributed by atoms with E-state index in [0.29, 0.717) is 43.1 Å². The first-order valence-corrected chi connectivity index (χ1v) is 24.6. The molecule has 11 nitrogen and oxygen atoms in total. The number of aliphatic hydroxyl groups is 2. The minimum Gasteiger partial charge on any atom is -0.756 e.